The van der Waals surface area contributed by atoms with E-state index in [0.29, 0.717) is 22.7 Å². The minimum Gasteiger partial charge on any atom is -0.375 e. The van der Waals surface area contributed by atoms with Crippen LogP contribution >= 0.6 is 11.3 Å². The first kappa shape index (κ1) is 20.3. The molecule has 2 aromatic heterocycles. The zero-order valence-corrected chi connectivity index (χ0v) is 18.0. The van der Waals surface area contributed by atoms with Crippen LogP contribution in [0, 0.1) is 5.92 Å². The second kappa shape index (κ2) is 9.22. The van der Waals surface area contributed by atoms with E-state index in [1.165, 1.54) is 23.4 Å². The lowest BCUT2D eigenvalue weighted by Crippen LogP contribution is -2.45. The summed E-state index contributed by atoms with van der Waals surface area (Å²) in [6.07, 6.45) is 10.0. The van der Waals surface area contributed by atoms with Gasteiger partial charge in [0.1, 0.15) is 0 Å². The van der Waals surface area contributed by atoms with E-state index in [1.807, 2.05) is 17.0 Å². The van der Waals surface area contributed by atoms with Crippen LogP contribution in [0.2, 0.25) is 0 Å². The van der Waals surface area contributed by atoms with E-state index in [4.69, 9.17) is 5.73 Å². The van der Waals surface area contributed by atoms with E-state index in [9.17, 15) is 4.79 Å². The summed E-state index contributed by atoms with van der Waals surface area (Å²) < 4.78 is 0. The van der Waals surface area contributed by atoms with Crippen LogP contribution in [-0.2, 0) is 12.8 Å². The van der Waals surface area contributed by atoms with Crippen molar-refractivity contribution in [2.45, 2.75) is 51.5 Å². The normalized spacial score (nSPS) is 20.1. The number of aryl methyl sites for hydroxylation is 1. The fraction of sp³-hybridized carbons (Fsp3) is 0.591. The Labute approximate surface area is 177 Å². The molecule has 3 heterocycles. The molecule has 0 radical (unpaired) electrons. The van der Waals surface area contributed by atoms with Crippen LogP contribution in [0.5, 0.6) is 0 Å². The number of nitrogens with zero attached hydrogens (tertiary/aromatic N) is 4. The number of nitrogen functional groups attached to an aromatic ring is 1. The van der Waals surface area contributed by atoms with E-state index < -0.39 is 0 Å². The fourth-order valence-corrected chi connectivity index (χ4v) is 5.67. The van der Waals surface area contributed by atoms with Gasteiger partial charge in [-0.2, -0.15) is 0 Å². The molecular formula is C22H31N5OS. The third-order valence-electron chi connectivity index (χ3n) is 6.26. The van der Waals surface area contributed by atoms with E-state index >= 15 is 0 Å². The van der Waals surface area contributed by atoms with Crippen LogP contribution in [-0.4, -0.2) is 57.9 Å². The average molecular weight is 414 g/mol. The smallest absolute Gasteiger partial charge is 0.255 e. The zero-order valence-electron chi connectivity index (χ0n) is 17.2. The van der Waals surface area contributed by atoms with Crippen molar-refractivity contribution in [3.63, 3.8) is 0 Å². The number of pyridine rings is 1. The number of carbonyl (C=O) groups is 1. The molecule has 2 aliphatic rings. The number of fused-ring (bicyclic) bond motifs is 1. The molecule has 4 rings (SSSR count). The van der Waals surface area contributed by atoms with Gasteiger partial charge in [0, 0.05) is 42.9 Å². The van der Waals surface area contributed by atoms with Gasteiger partial charge in [0.2, 0.25) is 0 Å². The van der Waals surface area contributed by atoms with Gasteiger partial charge in [-0.15, -0.1) is 11.3 Å². The lowest BCUT2D eigenvalue weighted by Gasteiger charge is -2.39. The number of amides is 1. The Bertz CT molecular complexity index is 816. The van der Waals surface area contributed by atoms with Gasteiger partial charge in [-0.3, -0.25) is 14.7 Å². The Hall–Kier alpha value is -1.99. The molecular weight excluding hydrogens is 382 g/mol. The summed E-state index contributed by atoms with van der Waals surface area (Å²) in [5.41, 5.74) is 7.84. The average Bonchev–Trinajstić information content (AvgIpc) is 3.13. The standard InChI is InChI=1S/C22H31N5OS/c1-2-10-27(18-5-6-19-20(13-18)29-22(23)25-19)15-16-7-11-26(12-8-16)21(28)17-4-3-9-24-14-17/h3-4,9,14,16,18H,2,5-8,10-13,15H2,1H3,(H2,23,25)/t18-/m0/s1. The molecule has 1 saturated heterocycles. The minimum atomic E-state index is 0.115. The Balaban J connectivity index is 1.32. The lowest BCUT2D eigenvalue weighted by molar-refractivity contribution is 0.0642. The number of hydrogen-bond acceptors (Lipinski definition) is 6. The first-order valence-corrected chi connectivity index (χ1v) is 11.6. The summed E-state index contributed by atoms with van der Waals surface area (Å²) in [4.78, 5) is 27.3. The van der Waals surface area contributed by atoms with Crippen molar-refractivity contribution in [3.8, 4) is 0 Å². The highest BCUT2D eigenvalue weighted by Crippen LogP contribution is 2.31. The van der Waals surface area contributed by atoms with Crippen molar-refractivity contribution in [2.24, 2.45) is 5.92 Å². The predicted molar refractivity (Wildman–Crippen MR) is 117 cm³/mol. The number of rotatable bonds is 6. The molecule has 1 amide bonds. The minimum absolute atomic E-state index is 0.115. The second-order valence-corrected chi connectivity index (χ2v) is 9.41. The molecule has 6 nitrogen and oxygen atoms in total. The van der Waals surface area contributed by atoms with E-state index in [2.05, 4.69) is 21.8 Å². The summed E-state index contributed by atoms with van der Waals surface area (Å²) in [7, 11) is 0. The first-order valence-electron chi connectivity index (χ1n) is 10.8. The van der Waals surface area contributed by atoms with Crippen molar-refractivity contribution < 1.29 is 4.79 Å². The summed E-state index contributed by atoms with van der Waals surface area (Å²) in [5, 5.41) is 0.711. The van der Waals surface area contributed by atoms with Crippen LogP contribution < -0.4 is 5.73 Å². The summed E-state index contributed by atoms with van der Waals surface area (Å²) in [5.74, 6) is 0.775. The molecule has 156 valence electrons. The maximum atomic E-state index is 12.7. The highest BCUT2D eigenvalue weighted by molar-refractivity contribution is 7.15. The van der Waals surface area contributed by atoms with Crippen LogP contribution in [0.3, 0.4) is 0 Å². The van der Waals surface area contributed by atoms with Gasteiger partial charge in [0.15, 0.2) is 5.13 Å². The summed E-state index contributed by atoms with van der Waals surface area (Å²) in [6.45, 7) is 6.23. The SMILES string of the molecule is CCCN(CC1CCN(C(=O)c2cccnc2)CC1)[C@H]1CCc2nc(N)sc2C1. The number of piperidine rings is 1. The second-order valence-electron chi connectivity index (χ2n) is 8.29. The van der Waals surface area contributed by atoms with Gasteiger partial charge in [0.25, 0.3) is 5.91 Å². The summed E-state index contributed by atoms with van der Waals surface area (Å²) >= 11 is 1.67. The van der Waals surface area contributed by atoms with Crippen LogP contribution in [0.1, 0.15) is 53.5 Å². The Kier molecular flexibility index (Phi) is 6.45. The third kappa shape index (κ3) is 4.78. The molecule has 1 atom stereocenters. The van der Waals surface area contributed by atoms with Crippen molar-refractivity contribution >= 4 is 22.4 Å². The largest absolute Gasteiger partial charge is 0.375 e. The topological polar surface area (TPSA) is 75.3 Å². The van der Waals surface area contributed by atoms with Crippen LogP contribution in [0.15, 0.2) is 24.5 Å². The van der Waals surface area contributed by atoms with Gasteiger partial charge < -0.3 is 10.6 Å². The molecule has 0 bridgehead atoms. The maximum absolute atomic E-state index is 12.7. The highest BCUT2D eigenvalue weighted by Gasteiger charge is 2.30. The molecule has 1 aliphatic heterocycles. The Morgan fingerprint density at radius 3 is 2.90 bits per heavy atom. The molecule has 29 heavy (non-hydrogen) atoms. The van der Waals surface area contributed by atoms with Crippen LogP contribution in [0.4, 0.5) is 5.13 Å². The zero-order chi connectivity index (χ0) is 20.2. The monoisotopic (exact) mass is 413 g/mol. The molecule has 0 saturated carbocycles. The van der Waals surface area contributed by atoms with Gasteiger partial charge >= 0.3 is 0 Å². The molecule has 2 aromatic rings. The van der Waals surface area contributed by atoms with Crippen molar-refractivity contribution in [1.29, 1.82) is 0 Å². The Morgan fingerprint density at radius 1 is 1.34 bits per heavy atom. The van der Waals surface area contributed by atoms with Gasteiger partial charge in [-0.05, 0) is 63.1 Å². The van der Waals surface area contributed by atoms with E-state index in [1.54, 1.807) is 23.7 Å². The number of anilines is 1. The van der Waals surface area contributed by atoms with Gasteiger partial charge in [-0.25, -0.2) is 4.98 Å². The predicted octanol–water partition coefficient (Wildman–Crippen LogP) is 3.24. The van der Waals surface area contributed by atoms with Crippen molar-refractivity contribution in [1.82, 2.24) is 19.8 Å². The number of nitrogens with two attached hydrogens (primary N) is 1. The molecule has 0 spiro atoms. The van der Waals surface area contributed by atoms with Crippen molar-refractivity contribution in [3.05, 3.63) is 40.7 Å². The molecule has 7 heteroatoms. The van der Waals surface area contributed by atoms with E-state index in [-0.39, 0.29) is 5.91 Å². The molecule has 0 aromatic carbocycles. The Morgan fingerprint density at radius 2 is 2.17 bits per heavy atom. The third-order valence-corrected chi connectivity index (χ3v) is 7.21. The van der Waals surface area contributed by atoms with E-state index in [0.717, 1.165) is 51.9 Å². The number of carbonyl (C=O) groups excluding carboxylic acids is 1. The molecule has 0 unspecified atom stereocenters. The van der Waals surface area contributed by atoms with Gasteiger partial charge in [-0.1, -0.05) is 6.92 Å². The molecule has 1 aliphatic carbocycles. The highest BCUT2D eigenvalue weighted by atomic mass is 32.1. The van der Waals surface area contributed by atoms with Crippen LogP contribution in [0.25, 0.3) is 0 Å². The maximum Gasteiger partial charge on any atom is 0.255 e. The van der Waals surface area contributed by atoms with Crippen molar-refractivity contribution in [2.75, 3.05) is 31.9 Å². The number of hydrogen-bond donors (Lipinski definition) is 1. The summed E-state index contributed by atoms with van der Waals surface area (Å²) in [6, 6.07) is 4.28. The fourth-order valence-electron chi connectivity index (χ4n) is 4.72. The number of likely N-dealkylation sites (tertiary alicyclic amines) is 1. The quantitative estimate of drug-likeness (QED) is 0.787. The first-order chi connectivity index (χ1) is 14.1. The molecule has 1 fully saturated rings. The lowest BCUT2D eigenvalue weighted by atomic mass is 9.92. The molecule has 2 N–H and O–H groups in total. The number of thiazole rings is 1. The van der Waals surface area contributed by atoms with Gasteiger partial charge in [0.05, 0.1) is 11.3 Å². The number of aromatic nitrogens is 2.